The Labute approximate surface area is 155 Å². The maximum atomic E-state index is 12.1. The maximum Gasteiger partial charge on any atom is 0.314 e. The van der Waals surface area contributed by atoms with E-state index in [-0.39, 0.29) is 17.6 Å². The third-order valence-corrected chi connectivity index (χ3v) is 4.73. The third-order valence-electron chi connectivity index (χ3n) is 4.73. The molecule has 1 fully saturated rings. The summed E-state index contributed by atoms with van der Waals surface area (Å²) in [5.41, 5.74) is 6.80. The molecule has 1 aliphatic rings. The Balaban J connectivity index is 1.75. The summed E-state index contributed by atoms with van der Waals surface area (Å²) < 4.78 is 5.95. The number of nitrogens with one attached hydrogen (secondary N) is 2. The Kier molecular flexibility index (Phi) is 7.03. The van der Waals surface area contributed by atoms with Crippen LogP contribution in [-0.4, -0.2) is 37.7 Å². The van der Waals surface area contributed by atoms with E-state index < -0.39 is 5.91 Å². The zero-order chi connectivity index (χ0) is 19.2. The Bertz CT molecular complexity index is 625. The number of hydrogen-bond acceptors (Lipinski definition) is 3. The average molecular weight is 361 g/mol. The third kappa shape index (κ3) is 6.02. The largest absolute Gasteiger partial charge is 0.377 e. The molecule has 0 bridgehead atoms. The second kappa shape index (κ2) is 9.03. The smallest absolute Gasteiger partial charge is 0.314 e. The van der Waals surface area contributed by atoms with Crippen molar-refractivity contribution < 1.29 is 14.3 Å². The van der Waals surface area contributed by atoms with Gasteiger partial charge < -0.3 is 21.1 Å². The van der Waals surface area contributed by atoms with E-state index in [2.05, 4.69) is 31.4 Å². The minimum atomic E-state index is -0.444. The lowest BCUT2D eigenvalue weighted by atomic mass is 9.78. The SMILES string of the molecule is CC(C)(C)C1OCCCC1CNC(=O)NCCc1cccc(C(N)=O)c1. The molecular formula is C20H31N3O3. The van der Waals surface area contributed by atoms with Gasteiger partial charge in [0, 0.05) is 31.2 Å². The fraction of sp³-hybridized carbons (Fsp3) is 0.600. The molecule has 0 spiro atoms. The van der Waals surface area contributed by atoms with Crippen molar-refractivity contribution in [2.24, 2.45) is 17.1 Å². The molecule has 3 amide bonds. The zero-order valence-electron chi connectivity index (χ0n) is 16.0. The summed E-state index contributed by atoms with van der Waals surface area (Å²) in [6, 6.07) is 6.98. The molecule has 0 saturated carbocycles. The van der Waals surface area contributed by atoms with Gasteiger partial charge in [0.1, 0.15) is 0 Å². The fourth-order valence-electron chi connectivity index (χ4n) is 3.50. The quantitative estimate of drug-likeness (QED) is 0.726. The molecule has 1 aromatic carbocycles. The highest BCUT2D eigenvalue weighted by atomic mass is 16.5. The summed E-state index contributed by atoms with van der Waals surface area (Å²) >= 11 is 0. The molecule has 6 heteroatoms. The lowest BCUT2D eigenvalue weighted by Gasteiger charge is -2.40. The van der Waals surface area contributed by atoms with E-state index in [9.17, 15) is 9.59 Å². The van der Waals surface area contributed by atoms with Crippen LogP contribution < -0.4 is 16.4 Å². The molecule has 1 heterocycles. The summed E-state index contributed by atoms with van der Waals surface area (Å²) in [6.07, 6.45) is 2.91. The first-order valence-electron chi connectivity index (χ1n) is 9.29. The number of hydrogen-bond donors (Lipinski definition) is 3. The highest BCUT2D eigenvalue weighted by Gasteiger charge is 2.35. The normalized spacial score (nSPS) is 20.4. The van der Waals surface area contributed by atoms with Gasteiger partial charge in [0.25, 0.3) is 0 Å². The van der Waals surface area contributed by atoms with Gasteiger partial charge >= 0.3 is 6.03 Å². The standard InChI is InChI=1S/C20H31N3O3/c1-20(2,3)17-16(8-5-11-26-17)13-23-19(25)22-10-9-14-6-4-7-15(12-14)18(21)24/h4,6-7,12,16-17H,5,8-11,13H2,1-3H3,(H2,21,24)(H2,22,23,25). The van der Waals surface area contributed by atoms with Crippen LogP contribution in [0.25, 0.3) is 0 Å². The molecule has 6 nitrogen and oxygen atoms in total. The number of carbonyl (C=O) groups excluding carboxylic acids is 2. The number of ether oxygens (including phenoxy) is 1. The van der Waals surface area contributed by atoms with Crippen LogP contribution in [0.4, 0.5) is 4.79 Å². The predicted molar refractivity (Wildman–Crippen MR) is 102 cm³/mol. The van der Waals surface area contributed by atoms with Crippen molar-refractivity contribution in [1.82, 2.24) is 10.6 Å². The van der Waals surface area contributed by atoms with E-state index in [1.54, 1.807) is 18.2 Å². The van der Waals surface area contributed by atoms with E-state index >= 15 is 0 Å². The van der Waals surface area contributed by atoms with Gasteiger partial charge in [-0.1, -0.05) is 32.9 Å². The molecule has 4 N–H and O–H groups in total. The van der Waals surface area contributed by atoms with Gasteiger partial charge in [-0.3, -0.25) is 4.79 Å². The molecule has 2 rings (SSSR count). The van der Waals surface area contributed by atoms with Crippen molar-refractivity contribution in [2.75, 3.05) is 19.7 Å². The molecular weight excluding hydrogens is 330 g/mol. The van der Waals surface area contributed by atoms with Gasteiger partial charge in [-0.15, -0.1) is 0 Å². The topological polar surface area (TPSA) is 93.4 Å². The zero-order valence-corrected chi connectivity index (χ0v) is 16.0. The van der Waals surface area contributed by atoms with E-state index in [4.69, 9.17) is 10.5 Å². The summed E-state index contributed by atoms with van der Waals surface area (Å²) in [5.74, 6) is -0.109. The molecule has 0 radical (unpaired) electrons. The number of primary amides is 1. The highest BCUT2D eigenvalue weighted by Crippen LogP contribution is 2.33. The van der Waals surface area contributed by atoms with Gasteiger partial charge in [0.2, 0.25) is 5.91 Å². The lowest BCUT2D eigenvalue weighted by molar-refractivity contribution is -0.0837. The summed E-state index contributed by atoms with van der Waals surface area (Å²) in [4.78, 5) is 23.3. The first-order chi connectivity index (χ1) is 12.3. The van der Waals surface area contributed by atoms with Gasteiger partial charge in [-0.25, -0.2) is 4.79 Å². The van der Waals surface area contributed by atoms with Gasteiger partial charge in [0.15, 0.2) is 0 Å². The Morgan fingerprint density at radius 2 is 2.04 bits per heavy atom. The van der Waals surface area contributed by atoms with Crippen molar-refractivity contribution in [3.63, 3.8) is 0 Å². The highest BCUT2D eigenvalue weighted by molar-refractivity contribution is 5.92. The molecule has 1 aromatic rings. The number of benzene rings is 1. The van der Waals surface area contributed by atoms with Crippen molar-refractivity contribution in [3.05, 3.63) is 35.4 Å². The lowest BCUT2D eigenvalue weighted by Crippen LogP contribution is -2.47. The summed E-state index contributed by atoms with van der Waals surface area (Å²) in [6.45, 7) is 8.45. The van der Waals surface area contributed by atoms with E-state index in [0.29, 0.717) is 31.0 Å². The van der Waals surface area contributed by atoms with Crippen molar-refractivity contribution in [2.45, 2.75) is 46.1 Å². The molecule has 1 aliphatic heterocycles. The fourth-order valence-corrected chi connectivity index (χ4v) is 3.50. The van der Waals surface area contributed by atoms with Crippen LogP contribution in [-0.2, 0) is 11.2 Å². The van der Waals surface area contributed by atoms with Gasteiger partial charge in [-0.2, -0.15) is 0 Å². The Morgan fingerprint density at radius 1 is 1.27 bits per heavy atom. The average Bonchev–Trinajstić information content (AvgIpc) is 2.59. The summed E-state index contributed by atoms with van der Waals surface area (Å²) in [7, 11) is 0. The van der Waals surface area contributed by atoms with Gasteiger partial charge in [0.05, 0.1) is 6.10 Å². The van der Waals surface area contributed by atoms with E-state index in [1.165, 1.54) is 0 Å². The molecule has 2 atom stereocenters. The van der Waals surface area contributed by atoms with Crippen molar-refractivity contribution >= 4 is 11.9 Å². The minimum absolute atomic E-state index is 0.0642. The Morgan fingerprint density at radius 3 is 2.73 bits per heavy atom. The van der Waals surface area contributed by atoms with E-state index in [1.807, 2.05) is 6.07 Å². The molecule has 26 heavy (non-hydrogen) atoms. The first kappa shape index (κ1) is 20.2. The van der Waals surface area contributed by atoms with Crippen LogP contribution in [0.5, 0.6) is 0 Å². The number of amides is 3. The van der Waals surface area contributed by atoms with Crippen LogP contribution >= 0.6 is 0 Å². The Hall–Kier alpha value is -2.08. The molecule has 1 saturated heterocycles. The second-order valence-electron chi connectivity index (χ2n) is 8.01. The molecule has 2 unspecified atom stereocenters. The van der Waals surface area contributed by atoms with Crippen molar-refractivity contribution in [1.29, 1.82) is 0 Å². The van der Waals surface area contributed by atoms with Crippen molar-refractivity contribution in [3.8, 4) is 0 Å². The van der Waals surface area contributed by atoms with Crippen LogP contribution in [0.1, 0.15) is 49.5 Å². The molecule has 0 aliphatic carbocycles. The van der Waals surface area contributed by atoms with Gasteiger partial charge in [-0.05, 0) is 42.4 Å². The monoisotopic (exact) mass is 361 g/mol. The van der Waals surface area contributed by atoms with Crippen LogP contribution in [0, 0.1) is 11.3 Å². The molecule has 144 valence electrons. The first-order valence-corrected chi connectivity index (χ1v) is 9.29. The number of rotatable bonds is 6. The molecule has 0 aromatic heterocycles. The minimum Gasteiger partial charge on any atom is -0.377 e. The maximum absolute atomic E-state index is 12.1. The predicted octanol–water partition coefficient (Wildman–Crippen LogP) is 2.47. The number of carbonyl (C=O) groups is 2. The second-order valence-corrected chi connectivity index (χ2v) is 8.01. The summed E-state index contributed by atoms with van der Waals surface area (Å²) in [5, 5.41) is 5.83. The van der Waals surface area contributed by atoms with Crippen LogP contribution in [0.15, 0.2) is 24.3 Å². The van der Waals surface area contributed by atoms with Crippen LogP contribution in [0.3, 0.4) is 0 Å². The van der Waals surface area contributed by atoms with E-state index in [0.717, 1.165) is 25.0 Å². The van der Waals surface area contributed by atoms with Crippen LogP contribution in [0.2, 0.25) is 0 Å². The number of urea groups is 1. The number of nitrogens with two attached hydrogens (primary N) is 1.